The first-order chi connectivity index (χ1) is 13.5. The fourth-order valence-corrected chi connectivity index (χ4v) is 2.69. The average molecular weight is 385 g/mol. The van der Waals surface area contributed by atoms with E-state index in [0.29, 0.717) is 18.1 Å². The summed E-state index contributed by atoms with van der Waals surface area (Å²) in [5.41, 5.74) is 2.75. The van der Waals surface area contributed by atoms with Crippen molar-refractivity contribution in [2.75, 3.05) is 18.5 Å². The van der Waals surface area contributed by atoms with E-state index in [1.54, 1.807) is 18.2 Å². The lowest BCUT2D eigenvalue weighted by Gasteiger charge is -2.17. The van der Waals surface area contributed by atoms with Crippen molar-refractivity contribution in [3.05, 3.63) is 53.6 Å². The van der Waals surface area contributed by atoms with E-state index in [4.69, 9.17) is 14.2 Å². The second-order valence-corrected chi connectivity index (χ2v) is 6.25. The third-order valence-electron chi connectivity index (χ3n) is 4.16. The average Bonchev–Trinajstić information content (AvgIpc) is 2.69. The number of carbonyl (C=O) groups excluding carboxylic acids is 2. The summed E-state index contributed by atoms with van der Waals surface area (Å²) in [6, 6.07) is 12.9. The van der Waals surface area contributed by atoms with Crippen LogP contribution in [-0.2, 0) is 20.7 Å². The van der Waals surface area contributed by atoms with Gasteiger partial charge in [0.05, 0.1) is 6.61 Å². The van der Waals surface area contributed by atoms with Crippen LogP contribution in [0.2, 0.25) is 0 Å². The van der Waals surface area contributed by atoms with Gasteiger partial charge in [-0.25, -0.2) is 4.79 Å². The minimum atomic E-state index is -0.942. The first-order valence-corrected chi connectivity index (χ1v) is 9.39. The van der Waals surface area contributed by atoms with Crippen LogP contribution in [-0.4, -0.2) is 31.2 Å². The van der Waals surface area contributed by atoms with E-state index in [9.17, 15) is 9.59 Å². The number of nitrogens with one attached hydrogen (secondary N) is 1. The fourth-order valence-electron chi connectivity index (χ4n) is 2.69. The van der Waals surface area contributed by atoms with Gasteiger partial charge in [-0.2, -0.15) is 0 Å². The maximum Gasteiger partial charge on any atom is 0.344 e. The first kappa shape index (κ1) is 21.3. The second kappa shape index (κ2) is 10.3. The van der Waals surface area contributed by atoms with E-state index in [2.05, 4.69) is 5.32 Å². The van der Waals surface area contributed by atoms with E-state index in [-0.39, 0.29) is 12.5 Å². The molecule has 0 radical (unpaired) electrons. The van der Waals surface area contributed by atoms with Gasteiger partial charge in [-0.15, -0.1) is 0 Å². The number of anilines is 1. The van der Waals surface area contributed by atoms with Gasteiger partial charge in [0.25, 0.3) is 5.91 Å². The van der Waals surface area contributed by atoms with Crippen molar-refractivity contribution in [3.63, 3.8) is 0 Å². The van der Waals surface area contributed by atoms with Gasteiger partial charge >= 0.3 is 5.97 Å². The third-order valence-corrected chi connectivity index (χ3v) is 4.16. The smallest absolute Gasteiger partial charge is 0.344 e. The molecule has 0 bridgehead atoms. The highest BCUT2D eigenvalue weighted by molar-refractivity contribution is 5.96. The Morgan fingerprint density at radius 3 is 2.32 bits per heavy atom. The molecule has 2 rings (SSSR count). The van der Waals surface area contributed by atoms with Crippen molar-refractivity contribution in [2.24, 2.45) is 0 Å². The molecule has 2 aromatic rings. The summed E-state index contributed by atoms with van der Waals surface area (Å²) in [6.45, 7) is 7.52. The number of para-hydroxylation sites is 3. The molecule has 0 aliphatic carbocycles. The molecule has 150 valence electrons. The monoisotopic (exact) mass is 385 g/mol. The maximum atomic E-state index is 12.4. The molecule has 1 N–H and O–H groups in total. The molecule has 1 amide bonds. The van der Waals surface area contributed by atoms with E-state index in [1.165, 1.54) is 6.92 Å². The number of benzene rings is 2. The number of aryl methyl sites for hydroxylation is 2. The SMILES string of the molecule is CCOc1ccccc1OCC(=O)O[C@@H](C)C(=O)Nc1c(C)cccc1CC. The minimum absolute atomic E-state index is 0.313. The molecular weight excluding hydrogens is 358 g/mol. The molecule has 0 saturated carbocycles. The molecule has 28 heavy (non-hydrogen) atoms. The predicted molar refractivity (Wildman–Crippen MR) is 108 cm³/mol. The lowest BCUT2D eigenvalue weighted by Crippen LogP contribution is -2.32. The number of hydrogen-bond acceptors (Lipinski definition) is 5. The Labute approximate surface area is 165 Å². The Balaban J connectivity index is 1.91. The maximum absolute atomic E-state index is 12.4. The quantitative estimate of drug-likeness (QED) is 0.663. The molecule has 1 atom stereocenters. The Morgan fingerprint density at radius 1 is 1.00 bits per heavy atom. The van der Waals surface area contributed by atoms with Gasteiger partial charge in [-0.3, -0.25) is 4.79 Å². The van der Waals surface area contributed by atoms with Gasteiger partial charge < -0.3 is 19.5 Å². The molecule has 0 saturated heterocycles. The van der Waals surface area contributed by atoms with Crippen molar-refractivity contribution in [2.45, 2.75) is 40.2 Å². The summed E-state index contributed by atoms with van der Waals surface area (Å²) in [6.07, 6.45) is -0.152. The number of esters is 1. The molecule has 6 heteroatoms. The van der Waals surface area contributed by atoms with Crippen LogP contribution in [0.4, 0.5) is 5.69 Å². The largest absolute Gasteiger partial charge is 0.490 e. The molecule has 0 aliphatic rings. The summed E-state index contributed by atoms with van der Waals surface area (Å²) in [7, 11) is 0. The zero-order valence-corrected chi connectivity index (χ0v) is 16.8. The van der Waals surface area contributed by atoms with Crippen LogP contribution < -0.4 is 14.8 Å². The van der Waals surface area contributed by atoms with E-state index in [0.717, 1.165) is 23.2 Å². The van der Waals surface area contributed by atoms with E-state index in [1.807, 2.05) is 45.0 Å². The topological polar surface area (TPSA) is 73.9 Å². The zero-order chi connectivity index (χ0) is 20.5. The number of ether oxygens (including phenoxy) is 3. The van der Waals surface area contributed by atoms with Crippen LogP contribution in [0.1, 0.15) is 31.9 Å². The number of rotatable bonds is 9. The van der Waals surface area contributed by atoms with Gasteiger partial charge in [0.15, 0.2) is 24.2 Å². The lowest BCUT2D eigenvalue weighted by atomic mass is 10.1. The number of amides is 1. The second-order valence-electron chi connectivity index (χ2n) is 6.25. The highest BCUT2D eigenvalue weighted by atomic mass is 16.6. The Hall–Kier alpha value is -3.02. The Bertz CT molecular complexity index is 818. The molecule has 0 unspecified atom stereocenters. The van der Waals surface area contributed by atoms with Crippen LogP contribution in [0.3, 0.4) is 0 Å². The summed E-state index contributed by atoms with van der Waals surface area (Å²) >= 11 is 0. The van der Waals surface area contributed by atoms with Gasteiger partial charge in [0.1, 0.15) is 0 Å². The van der Waals surface area contributed by atoms with Crippen LogP contribution in [0.5, 0.6) is 11.5 Å². The van der Waals surface area contributed by atoms with Crippen LogP contribution in [0, 0.1) is 6.92 Å². The highest BCUT2D eigenvalue weighted by Crippen LogP contribution is 2.26. The van der Waals surface area contributed by atoms with Crippen molar-refractivity contribution in [3.8, 4) is 11.5 Å². The van der Waals surface area contributed by atoms with Crippen molar-refractivity contribution in [1.82, 2.24) is 0 Å². The molecule has 0 fully saturated rings. The number of carbonyl (C=O) groups is 2. The normalized spacial score (nSPS) is 11.4. The lowest BCUT2D eigenvalue weighted by molar-refractivity contribution is -0.155. The summed E-state index contributed by atoms with van der Waals surface area (Å²) < 4.78 is 16.1. The Kier molecular flexibility index (Phi) is 7.87. The van der Waals surface area contributed by atoms with Gasteiger partial charge in [-0.1, -0.05) is 37.3 Å². The molecule has 0 heterocycles. The summed E-state index contributed by atoms with van der Waals surface area (Å²) in [4.78, 5) is 24.5. The van der Waals surface area contributed by atoms with Crippen molar-refractivity contribution < 1.29 is 23.8 Å². The Morgan fingerprint density at radius 2 is 1.68 bits per heavy atom. The third kappa shape index (κ3) is 5.74. The van der Waals surface area contributed by atoms with Crippen molar-refractivity contribution >= 4 is 17.6 Å². The molecule has 6 nitrogen and oxygen atoms in total. The van der Waals surface area contributed by atoms with Crippen LogP contribution >= 0.6 is 0 Å². The van der Waals surface area contributed by atoms with Gasteiger partial charge in [-0.05, 0) is 50.5 Å². The number of hydrogen-bond donors (Lipinski definition) is 1. The molecule has 0 spiro atoms. The summed E-state index contributed by atoms with van der Waals surface area (Å²) in [5, 5.41) is 2.86. The van der Waals surface area contributed by atoms with Crippen LogP contribution in [0.15, 0.2) is 42.5 Å². The van der Waals surface area contributed by atoms with E-state index < -0.39 is 12.1 Å². The molecular formula is C22H27NO5. The minimum Gasteiger partial charge on any atom is -0.490 e. The van der Waals surface area contributed by atoms with Crippen LogP contribution in [0.25, 0.3) is 0 Å². The molecule has 0 aliphatic heterocycles. The van der Waals surface area contributed by atoms with Crippen molar-refractivity contribution in [1.29, 1.82) is 0 Å². The fraction of sp³-hybridized carbons (Fsp3) is 0.364. The van der Waals surface area contributed by atoms with E-state index >= 15 is 0 Å². The zero-order valence-electron chi connectivity index (χ0n) is 16.8. The molecule has 2 aromatic carbocycles. The molecule has 0 aromatic heterocycles. The standard InChI is InChI=1S/C22H27NO5/c1-5-17-11-9-10-15(3)21(17)23-22(25)16(4)28-20(24)14-27-19-13-8-7-12-18(19)26-6-2/h7-13,16H,5-6,14H2,1-4H3,(H,23,25)/t16-/m0/s1. The highest BCUT2D eigenvalue weighted by Gasteiger charge is 2.20. The van der Waals surface area contributed by atoms with Gasteiger partial charge in [0.2, 0.25) is 0 Å². The summed E-state index contributed by atoms with van der Waals surface area (Å²) in [5.74, 6) is -0.0114. The first-order valence-electron chi connectivity index (χ1n) is 9.39. The predicted octanol–water partition coefficient (Wildman–Crippen LogP) is 3.91. The van der Waals surface area contributed by atoms with Gasteiger partial charge in [0, 0.05) is 5.69 Å².